The number of hydrogen-bond acceptors (Lipinski definition) is 6. The van der Waals surface area contributed by atoms with Crippen LogP contribution in [-0.4, -0.2) is 37.2 Å². The predicted octanol–water partition coefficient (Wildman–Crippen LogP) is 21.5. The van der Waals surface area contributed by atoms with Crippen molar-refractivity contribution in [3.05, 3.63) is 85.1 Å². The molecule has 74 heavy (non-hydrogen) atoms. The molecular formula is C68H118O6. The number of carbonyl (C=O) groups excluding carboxylic acids is 3. The Morgan fingerprint density at radius 1 is 0.284 bits per heavy atom. The molecule has 0 heterocycles. The Labute approximate surface area is 458 Å². The highest BCUT2D eigenvalue weighted by molar-refractivity contribution is 5.71. The van der Waals surface area contributed by atoms with Gasteiger partial charge in [-0.1, -0.05) is 279 Å². The molecule has 6 heteroatoms. The van der Waals surface area contributed by atoms with Crippen LogP contribution < -0.4 is 0 Å². The second-order valence-electron chi connectivity index (χ2n) is 20.9. The second kappa shape index (κ2) is 62.1. The summed E-state index contributed by atoms with van der Waals surface area (Å²) < 4.78 is 16.8. The number of ether oxygens (including phenoxy) is 3. The molecule has 0 aromatic carbocycles. The minimum atomic E-state index is -0.777. The lowest BCUT2D eigenvalue weighted by atomic mass is 10.0. The zero-order valence-electron chi connectivity index (χ0n) is 48.8. The van der Waals surface area contributed by atoms with E-state index in [-0.39, 0.29) is 31.1 Å². The molecule has 0 fully saturated rings. The van der Waals surface area contributed by atoms with Crippen LogP contribution >= 0.6 is 0 Å². The highest BCUT2D eigenvalue weighted by Crippen LogP contribution is 2.16. The fourth-order valence-electron chi connectivity index (χ4n) is 8.91. The van der Waals surface area contributed by atoms with E-state index in [0.717, 1.165) is 103 Å². The molecule has 0 aliphatic carbocycles. The Morgan fingerprint density at radius 2 is 0.527 bits per heavy atom. The molecule has 6 nitrogen and oxygen atoms in total. The molecule has 0 rings (SSSR count). The van der Waals surface area contributed by atoms with Gasteiger partial charge in [0.1, 0.15) is 13.2 Å². The standard InChI is InChI=1S/C68H118O6/c1-4-7-10-13-16-18-20-22-24-26-28-29-30-31-32-33-34-35-36-37-38-39-40-42-43-45-47-49-52-55-58-61-67(70)73-64-65(63-72-66(69)60-57-54-51-15-12-9-6-3)74-68(71)62-59-56-53-50-48-46-44-41-27-25-23-21-19-17-14-11-8-5-2/h7,10,16,18-19,21-22,24-25,27-29,31-32,65H,4-6,8-9,11-15,17,20,23,26,30,33-64H2,1-3H3/b10-7-,18-16-,21-19-,24-22-,27-25-,29-28-,32-31-. The number of hydrogen-bond donors (Lipinski definition) is 0. The number of esters is 3. The van der Waals surface area contributed by atoms with Crippen LogP contribution in [0.2, 0.25) is 0 Å². The molecule has 0 aromatic rings. The summed E-state index contributed by atoms with van der Waals surface area (Å²) in [5, 5.41) is 0. The van der Waals surface area contributed by atoms with Crippen molar-refractivity contribution in [2.24, 2.45) is 0 Å². The van der Waals surface area contributed by atoms with Crippen LogP contribution in [0.4, 0.5) is 0 Å². The maximum absolute atomic E-state index is 12.8. The van der Waals surface area contributed by atoms with E-state index in [9.17, 15) is 14.4 Å². The molecule has 0 aliphatic heterocycles. The Bertz CT molecular complexity index is 1420. The van der Waals surface area contributed by atoms with Crippen molar-refractivity contribution in [1.29, 1.82) is 0 Å². The minimum Gasteiger partial charge on any atom is -0.462 e. The zero-order chi connectivity index (χ0) is 53.6. The minimum absolute atomic E-state index is 0.0765. The Hall–Kier alpha value is -3.41. The molecule has 0 bridgehead atoms. The van der Waals surface area contributed by atoms with Gasteiger partial charge in [0.05, 0.1) is 0 Å². The highest BCUT2D eigenvalue weighted by Gasteiger charge is 2.19. The van der Waals surface area contributed by atoms with Crippen LogP contribution in [0.5, 0.6) is 0 Å². The maximum atomic E-state index is 12.8. The van der Waals surface area contributed by atoms with Crippen LogP contribution in [0.15, 0.2) is 85.1 Å². The first-order valence-electron chi connectivity index (χ1n) is 31.6. The number of carbonyl (C=O) groups is 3. The van der Waals surface area contributed by atoms with Gasteiger partial charge >= 0.3 is 17.9 Å². The van der Waals surface area contributed by atoms with Crippen molar-refractivity contribution in [2.45, 2.75) is 316 Å². The van der Waals surface area contributed by atoms with Crippen molar-refractivity contribution >= 4 is 17.9 Å². The van der Waals surface area contributed by atoms with Gasteiger partial charge in [0.15, 0.2) is 6.10 Å². The van der Waals surface area contributed by atoms with Gasteiger partial charge in [-0.3, -0.25) is 14.4 Å². The van der Waals surface area contributed by atoms with Gasteiger partial charge in [-0.15, -0.1) is 0 Å². The molecular weight excluding hydrogens is 913 g/mol. The Balaban J connectivity index is 4.08. The van der Waals surface area contributed by atoms with Gasteiger partial charge in [0, 0.05) is 19.3 Å². The molecule has 0 saturated carbocycles. The summed E-state index contributed by atoms with van der Waals surface area (Å²) >= 11 is 0. The van der Waals surface area contributed by atoms with E-state index in [4.69, 9.17) is 14.2 Å². The summed E-state index contributed by atoms with van der Waals surface area (Å²) in [6.45, 7) is 6.48. The second-order valence-corrected chi connectivity index (χ2v) is 20.9. The predicted molar refractivity (Wildman–Crippen MR) is 321 cm³/mol. The Kier molecular flexibility index (Phi) is 59.3. The number of unbranched alkanes of at least 4 members (excludes halogenated alkanes) is 32. The van der Waals surface area contributed by atoms with Gasteiger partial charge in [0.2, 0.25) is 0 Å². The first kappa shape index (κ1) is 70.6. The highest BCUT2D eigenvalue weighted by atomic mass is 16.6. The fraction of sp³-hybridized carbons (Fsp3) is 0.750. The zero-order valence-corrected chi connectivity index (χ0v) is 48.8. The van der Waals surface area contributed by atoms with E-state index < -0.39 is 6.10 Å². The van der Waals surface area contributed by atoms with Crippen LogP contribution in [0.3, 0.4) is 0 Å². The van der Waals surface area contributed by atoms with E-state index in [1.807, 2.05) is 0 Å². The third kappa shape index (κ3) is 59.5. The lowest BCUT2D eigenvalue weighted by Gasteiger charge is -2.18. The van der Waals surface area contributed by atoms with Crippen molar-refractivity contribution in [3.8, 4) is 0 Å². The van der Waals surface area contributed by atoms with E-state index in [1.165, 1.54) is 167 Å². The smallest absolute Gasteiger partial charge is 0.306 e. The average Bonchev–Trinajstić information content (AvgIpc) is 3.40. The topological polar surface area (TPSA) is 78.9 Å². The lowest BCUT2D eigenvalue weighted by Crippen LogP contribution is -2.30. The molecule has 0 amide bonds. The van der Waals surface area contributed by atoms with Gasteiger partial charge in [-0.05, 0) is 96.3 Å². The molecule has 0 aromatic heterocycles. The summed E-state index contributed by atoms with van der Waals surface area (Å²) in [6.07, 6.45) is 81.9. The molecule has 0 aliphatic rings. The van der Waals surface area contributed by atoms with Gasteiger partial charge < -0.3 is 14.2 Å². The van der Waals surface area contributed by atoms with Gasteiger partial charge in [-0.25, -0.2) is 0 Å². The summed E-state index contributed by atoms with van der Waals surface area (Å²) in [7, 11) is 0. The van der Waals surface area contributed by atoms with Crippen LogP contribution in [0.1, 0.15) is 310 Å². The molecule has 0 radical (unpaired) electrons. The Morgan fingerprint density at radius 3 is 0.838 bits per heavy atom. The van der Waals surface area contributed by atoms with Crippen LogP contribution in [0.25, 0.3) is 0 Å². The van der Waals surface area contributed by atoms with E-state index in [0.29, 0.717) is 19.3 Å². The van der Waals surface area contributed by atoms with E-state index in [1.54, 1.807) is 0 Å². The third-order valence-corrected chi connectivity index (χ3v) is 13.6. The fourth-order valence-corrected chi connectivity index (χ4v) is 8.91. The molecule has 426 valence electrons. The molecule has 0 saturated heterocycles. The summed E-state index contributed by atoms with van der Waals surface area (Å²) in [4.78, 5) is 38.0. The van der Waals surface area contributed by atoms with Gasteiger partial charge in [0.25, 0.3) is 0 Å². The van der Waals surface area contributed by atoms with Crippen molar-refractivity contribution in [3.63, 3.8) is 0 Å². The normalized spacial score (nSPS) is 12.6. The summed E-state index contributed by atoms with van der Waals surface area (Å²) in [5.74, 6) is -0.881. The molecule has 1 atom stereocenters. The SMILES string of the molecule is CC/C=C\C/C=C\C/C=C\C/C=C\C/C=C\CCCCCCCCCCCCCCCCCC(=O)OCC(COC(=O)CCCCCCCCC)OC(=O)CCCCCCCCC/C=C\C/C=C\CCCCCC. The molecule has 0 N–H and O–H groups in total. The quantitative estimate of drug-likeness (QED) is 0.0261. The van der Waals surface area contributed by atoms with E-state index >= 15 is 0 Å². The molecule has 1 unspecified atom stereocenters. The van der Waals surface area contributed by atoms with Gasteiger partial charge in [-0.2, -0.15) is 0 Å². The van der Waals surface area contributed by atoms with E-state index in [2.05, 4.69) is 106 Å². The molecule has 0 spiro atoms. The summed E-state index contributed by atoms with van der Waals surface area (Å²) in [5.41, 5.74) is 0. The van der Waals surface area contributed by atoms with Crippen LogP contribution in [0, 0.1) is 0 Å². The summed E-state index contributed by atoms with van der Waals surface area (Å²) in [6, 6.07) is 0. The largest absolute Gasteiger partial charge is 0.462 e. The number of allylic oxidation sites excluding steroid dienone is 14. The average molecular weight is 1030 g/mol. The van der Waals surface area contributed by atoms with Crippen LogP contribution in [-0.2, 0) is 28.6 Å². The first-order valence-corrected chi connectivity index (χ1v) is 31.6. The first-order chi connectivity index (χ1) is 36.5. The number of rotatable bonds is 57. The monoisotopic (exact) mass is 1030 g/mol. The lowest BCUT2D eigenvalue weighted by molar-refractivity contribution is -0.167. The van der Waals surface area contributed by atoms with Crippen molar-refractivity contribution in [2.75, 3.05) is 13.2 Å². The third-order valence-electron chi connectivity index (χ3n) is 13.6. The maximum Gasteiger partial charge on any atom is 0.306 e. The van der Waals surface area contributed by atoms with Crippen molar-refractivity contribution in [1.82, 2.24) is 0 Å². The van der Waals surface area contributed by atoms with Crippen molar-refractivity contribution < 1.29 is 28.6 Å².